The minimum atomic E-state index is -0.444. The topological polar surface area (TPSA) is 55.8 Å². The van der Waals surface area contributed by atoms with Gasteiger partial charge in [-0.05, 0) is 49.8 Å². The lowest BCUT2D eigenvalue weighted by Crippen LogP contribution is -2.39. The monoisotopic (exact) mass is 401 g/mol. The number of ether oxygens (including phenoxy) is 2. The van der Waals surface area contributed by atoms with Gasteiger partial charge in [-0.3, -0.25) is 9.59 Å². The number of amides is 1. The number of carbonyl (C=O) groups is 2. The lowest BCUT2D eigenvalue weighted by atomic mass is 9.77. The van der Waals surface area contributed by atoms with E-state index in [9.17, 15) is 9.59 Å². The van der Waals surface area contributed by atoms with E-state index in [-0.39, 0.29) is 35.6 Å². The summed E-state index contributed by atoms with van der Waals surface area (Å²) in [6.07, 6.45) is 5.53. The summed E-state index contributed by atoms with van der Waals surface area (Å²) in [6.45, 7) is 1.19. The van der Waals surface area contributed by atoms with E-state index < -0.39 is 6.04 Å². The average Bonchev–Trinajstić information content (AvgIpc) is 3.30. The minimum absolute atomic E-state index is 0.00404. The smallest absolute Gasteiger partial charge is 0.290 e. The van der Waals surface area contributed by atoms with Gasteiger partial charge < -0.3 is 14.4 Å². The number of ketones is 1. The molecule has 1 aliphatic carbocycles. The Morgan fingerprint density at radius 2 is 1.96 bits per heavy atom. The van der Waals surface area contributed by atoms with Crippen LogP contribution in [0.1, 0.15) is 50.1 Å². The Morgan fingerprint density at radius 3 is 2.75 bits per heavy atom. The number of carbonyl (C=O) groups excluding carboxylic acids is 2. The molecule has 4 aliphatic rings. The Hall–Kier alpha value is -1.85. The van der Waals surface area contributed by atoms with Crippen molar-refractivity contribution >= 4 is 23.3 Å². The van der Waals surface area contributed by atoms with Crippen LogP contribution in [0.25, 0.3) is 0 Å². The second-order valence-corrected chi connectivity index (χ2v) is 8.64. The van der Waals surface area contributed by atoms with E-state index in [0.29, 0.717) is 17.1 Å². The van der Waals surface area contributed by atoms with Crippen molar-refractivity contribution < 1.29 is 19.1 Å². The predicted octanol–water partition coefficient (Wildman–Crippen LogP) is 3.81. The average molecular weight is 402 g/mol. The summed E-state index contributed by atoms with van der Waals surface area (Å²) in [5.41, 5.74) is 1.38. The third kappa shape index (κ3) is 2.96. The summed E-state index contributed by atoms with van der Waals surface area (Å²) in [4.78, 5) is 28.5. The van der Waals surface area contributed by atoms with Gasteiger partial charge in [0, 0.05) is 18.2 Å². The van der Waals surface area contributed by atoms with Gasteiger partial charge in [0.1, 0.15) is 6.10 Å². The molecule has 1 amide bonds. The highest BCUT2D eigenvalue weighted by atomic mass is 35.5. The van der Waals surface area contributed by atoms with Gasteiger partial charge in [-0.25, -0.2) is 0 Å². The molecule has 0 spiro atoms. The van der Waals surface area contributed by atoms with Crippen LogP contribution in [-0.2, 0) is 19.1 Å². The molecular formula is C22H24ClNO4. The number of Topliss-reactive ketones (excluding diaryl/α,β-unsaturated/α-hetero) is 1. The van der Waals surface area contributed by atoms with Crippen LogP contribution in [0.2, 0.25) is 5.02 Å². The fourth-order valence-electron chi connectivity index (χ4n) is 5.11. The van der Waals surface area contributed by atoms with Crippen LogP contribution in [0.4, 0.5) is 0 Å². The molecule has 5 nitrogen and oxygen atoms in total. The summed E-state index contributed by atoms with van der Waals surface area (Å²) in [5.74, 6) is 0.0211. The van der Waals surface area contributed by atoms with Crippen molar-refractivity contribution in [2.45, 2.75) is 56.8 Å². The molecular weight excluding hydrogens is 378 g/mol. The molecule has 1 saturated heterocycles. The van der Waals surface area contributed by atoms with E-state index in [4.69, 9.17) is 21.1 Å². The standard InChI is InChI=1S/C22H24ClNO4/c23-14-6-3-5-13(11-14)19-18-20(25)16-8-1-2-9-17(16)28-21(18)22(26)24(19)12-15-7-4-10-27-15/h3,5-6,11,15-17,19H,1-2,4,7-10,12H2. The number of hydrogen-bond donors (Lipinski definition) is 0. The first-order valence-electron chi connectivity index (χ1n) is 10.3. The summed E-state index contributed by atoms with van der Waals surface area (Å²) in [6, 6.07) is 7.00. The molecule has 0 aromatic heterocycles. The molecule has 148 valence electrons. The van der Waals surface area contributed by atoms with Crippen LogP contribution in [0.3, 0.4) is 0 Å². The van der Waals surface area contributed by atoms with Gasteiger partial charge in [0.25, 0.3) is 5.91 Å². The molecule has 28 heavy (non-hydrogen) atoms. The molecule has 1 aromatic carbocycles. The van der Waals surface area contributed by atoms with Crippen LogP contribution >= 0.6 is 11.6 Å². The normalized spacial score (nSPS) is 32.4. The van der Waals surface area contributed by atoms with Crippen LogP contribution in [0.5, 0.6) is 0 Å². The van der Waals surface area contributed by atoms with E-state index >= 15 is 0 Å². The first kappa shape index (κ1) is 18.2. The van der Waals surface area contributed by atoms with Crippen molar-refractivity contribution in [3.63, 3.8) is 0 Å². The minimum Gasteiger partial charge on any atom is -0.483 e. The van der Waals surface area contributed by atoms with Gasteiger partial charge in [-0.2, -0.15) is 0 Å². The number of fused-ring (bicyclic) bond motifs is 1. The quantitative estimate of drug-likeness (QED) is 0.772. The molecule has 0 N–H and O–H groups in total. The molecule has 1 saturated carbocycles. The van der Waals surface area contributed by atoms with Crippen molar-refractivity contribution in [1.29, 1.82) is 0 Å². The van der Waals surface area contributed by atoms with Crippen molar-refractivity contribution in [2.75, 3.05) is 13.2 Å². The van der Waals surface area contributed by atoms with E-state index in [1.54, 1.807) is 11.0 Å². The van der Waals surface area contributed by atoms with Crippen LogP contribution < -0.4 is 0 Å². The zero-order valence-electron chi connectivity index (χ0n) is 15.7. The van der Waals surface area contributed by atoms with Crippen molar-refractivity contribution in [3.05, 3.63) is 46.2 Å². The maximum absolute atomic E-state index is 13.5. The van der Waals surface area contributed by atoms with E-state index in [1.807, 2.05) is 18.2 Å². The number of halogens is 1. The molecule has 0 radical (unpaired) electrons. The zero-order valence-corrected chi connectivity index (χ0v) is 16.5. The predicted molar refractivity (Wildman–Crippen MR) is 104 cm³/mol. The van der Waals surface area contributed by atoms with Crippen molar-refractivity contribution in [2.24, 2.45) is 5.92 Å². The lowest BCUT2D eigenvalue weighted by Gasteiger charge is -2.35. The third-order valence-electron chi connectivity index (χ3n) is 6.45. The largest absolute Gasteiger partial charge is 0.483 e. The van der Waals surface area contributed by atoms with Gasteiger partial charge >= 0.3 is 0 Å². The van der Waals surface area contributed by atoms with Crippen LogP contribution in [-0.4, -0.2) is 41.9 Å². The molecule has 0 bridgehead atoms. The highest BCUT2D eigenvalue weighted by Gasteiger charge is 2.52. The lowest BCUT2D eigenvalue weighted by molar-refractivity contribution is -0.136. The second-order valence-electron chi connectivity index (χ2n) is 8.20. The van der Waals surface area contributed by atoms with Crippen molar-refractivity contribution in [3.8, 4) is 0 Å². The molecule has 3 heterocycles. The summed E-state index contributed by atoms with van der Waals surface area (Å²) >= 11 is 6.24. The molecule has 3 aliphatic heterocycles. The second kappa shape index (κ2) is 7.20. The maximum atomic E-state index is 13.5. The highest BCUT2D eigenvalue weighted by Crippen LogP contribution is 2.47. The van der Waals surface area contributed by atoms with Gasteiger partial charge in [0.2, 0.25) is 0 Å². The molecule has 1 aromatic rings. The van der Waals surface area contributed by atoms with Gasteiger partial charge in [0.15, 0.2) is 11.5 Å². The Morgan fingerprint density at radius 1 is 1.11 bits per heavy atom. The third-order valence-corrected chi connectivity index (χ3v) is 6.68. The van der Waals surface area contributed by atoms with E-state index in [2.05, 4.69) is 0 Å². The number of rotatable bonds is 3. The Bertz CT molecular complexity index is 845. The number of hydrogen-bond acceptors (Lipinski definition) is 4. The fraction of sp³-hybridized carbons (Fsp3) is 0.545. The SMILES string of the molecule is O=C1C2=C(OC3CCCCC13)C(=O)N(CC1CCCO1)C2c1cccc(Cl)c1. The molecule has 5 rings (SSSR count). The first-order chi connectivity index (χ1) is 13.6. The van der Waals surface area contributed by atoms with E-state index in [0.717, 1.165) is 50.7 Å². The summed E-state index contributed by atoms with van der Waals surface area (Å²) in [7, 11) is 0. The summed E-state index contributed by atoms with van der Waals surface area (Å²) < 4.78 is 11.9. The van der Waals surface area contributed by atoms with Crippen LogP contribution in [0.15, 0.2) is 35.6 Å². The first-order valence-corrected chi connectivity index (χ1v) is 10.6. The molecule has 2 fully saturated rings. The maximum Gasteiger partial charge on any atom is 0.290 e. The molecule has 4 unspecified atom stereocenters. The van der Waals surface area contributed by atoms with Gasteiger partial charge in [-0.1, -0.05) is 30.2 Å². The van der Waals surface area contributed by atoms with Gasteiger partial charge in [0.05, 0.1) is 23.6 Å². The summed E-state index contributed by atoms with van der Waals surface area (Å²) in [5, 5.41) is 0.593. The van der Waals surface area contributed by atoms with Crippen molar-refractivity contribution in [1.82, 2.24) is 4.90 Å². The Balaban J connectivity index is 1.56. The Kier molecular flexibility index (Phi) is 4.68. The molecule has 4 atom stereocenters. The fourth-order valence-corrected chi connectivity index (χ4v) is 5.31. The van der Waals surface area contributed by atoms with Gasteiger partial charge in [-0.15, -0.1) is 0 Å². The Labute approximate surface area is 169 Å². The number of nitrogens with zero attached hydrogens (tertiary/aromatic N) is 1. The van der Waals surface area contributed by atoms with Crippen LogP contribution in [0, 0.1) is 5.92 Å². The van der Waals surface area contributed by atoms with E-state index in [1.165, 1.54) is 0 Å². The zero-order chi connectivity index (χ0) is 19.3. The highest BCUT2D eigenvalue weighted by molar-refractivity contribution is 6.30. The molecule has 6 heteroatoms. The number of benzene rings is 1.